The van der Waals surface area contributed by atoms with Crippen molar-refractivity contribution in [2.24, 2.45) is 0 Å². The topological polar surface area (TPSA) is 46.2 Å². The van der Waals surface area contributed by atoms with Gasteiger partial charge in [-0.05, 0) is 47.0 Å². The number of nitrogens with one attached hydrogen (secondary N) is 1. The summed E-state index contributed by atoms with van der Waals surface area (Å²) in [5, 5.41) is 0.508. The summed E-state index contributed by atoms with van der Waals surface area (Å²) in [7, 11) is -3.45. The predicted octanol–water partition coefficient (Wildman–Crippen LogP) is 4.10. The molecule has 3 nitrogen and oxygen atoms in total. The zero-order chi connectivity index (χ0) is 13.9. The molecule has 1 aliphatic carbocycles. The Labute approximate surface area is 127 Å². The van der Waals surface area contributed by atoms with Gasteiger partial charge in [-0.25, -0.2) is 13.1 Å². The first-order chi connectivity index (χ1) is 8.99. The van der Waals surface area contributed by atoms with Gasteiger partial charge in [0.15, 0.2) is 0 Å². The summed E-state index contributed by atoms with van der Waals surface area (Å²) >= 11 is 9.13. The number of sulfonamides is 1. The SMILES string of the molecule is O=S(=O)(NC1CCCCCC1)c1ccc(Cl)c(Br)c1. The van der Waals surface area contributed by atoms with Crippen LogP contribution in [0, 0.1) is 0 Å². The highest BCUT2D eigenvalue weighted by Crippen LogP contribution is 2.26. The van der Waals surface area contributed by atoms with E-state index in [1.807, 2.05) is 0 Å². The maximum Gasteiger partial charge on any atom is 0.240 e. The molecule has 1 aromatic rings. The third-order valence-electron chi connectivity index (χ3n) is 3.38. The van der Waals surface area contributed by atoms with E-state index in [0.29, 0.717) is 9.50 Å². The van der Waals surface area contributed by atoms with Gasteiger partial charge in [-0.2, -0.15) is 0 Å². The number of benzene rings is 1. The van der Waals surface area contributed by atoms with E-state index in [0.717, 1.165) is 25.7 Å². The average molecular weight is 367 g/mol. The lowest BCUT2D eigenvalue weighted by Crippen LogP contribution is -2.34. The summed E-state index contributed by atoms with van der Waals surface area (Å²) in [4.78, 5) is 0.257. The van der Waals surface area contributed by atoms with Crippen LogP contribution in [0.4, 0.5) is 0 Å². The van der Waals surface area contributed by atoms with Crippen molar-refractivity contribution in [2.45, 2.75) is 49.5 Å². The zero-order valence-electron chi connectivity index (χ0n) is 10.5. The minimum atomic E-state index is -3.45. The lowest BCUT2D eigenvalue weighted by Gasteiger charge is -2.16. The summed E-state index contributed by atoms with van der Waals surface area (Å²) in [5.41, 5.74) is 0. The van der Waals surface area contributed by atoms with Crippen molar-refractivity contribution in [2.75, 3.05) is 0 Å². The van der Waals surface area contributed by atoms with E-state index in [-0.39, 0.29) is 10.9 Å². The molecule has 19 heavy (non-hydrogen) atoms. The van der Waals surface area contributed by atoms with Gasteiger partial charge in [-0.3, -0.25) is 0 Å². The fraction of sp³-hybridized carbons (Fsp3) is 0.538. The van der Waals surface area contributed by atoms with Crippen LogP contribution in [-0.4, -0.2) is 14.5 Å². The highest BCUT2D eigenvalue weighted by molar-refractivity contribution is 9.10. The van der Waals surface area contributed by atoms with Crippen LogP contribution in [-0.2, 0) is 10.0 Å². The van der Waals surface area contributed by atoms with Gasteiger partial charge in [0.1, 0.15) is 0 Å². The van der Waals surface area contributed by atoms with Gasteiger partial charge >= 0.3 is 0 Å². The molecule has 1 aromatic carbocycles. The molecule has 0 aliphatic heterocycles. The zero-order valence-corrected chi connectivity index (χ0v) is 13.7. The first kappa shape index (κ1) is 15.3. The van der Waals surface area contributed by atoms with Crippen molar-refractivity contribution in [3.63, 3.8) is 0 Å². The Morgan fingerprint density at radius 3 is 2.37 bits per heavy atom. The Morgan fingerprint density at radius 2 is 1.79 bits per heavy atom. The van der Waals surface area contributed by atoms with E-state index < -0.39 is 10.0 Å². The predicted molar refractivity (Wildman–Crippen MR) is 81.0 cm³/mol. The van der Waals surface area contributed by atoms with E-state index in [9.17, 15) is 8.42 Å². The molecule has 0 spiro atoms. The molecule has 0 amide bonds. The highest BCUT2D eigenvalue weighted by Gasteiger charge is 2.21. The van der Waals surface area contributed by atoms with Crippen LogP contribution in [0.5, 0.6) is 0 Å². The maximum absolute atomic E-state index is 12.3. The highest BCUT2D eigenvalue weighted by atomic mass is 79.9. The molecule has 0 saturated heterocycles. The largest absolute Gasteiger partial charge is 0.240 e. The fourth-order valence-corrected chi connectivity index (χ4v) is 4.31. The molecule has 6 heteroatoms. The second-order valence-electron chi connectivity index (χ2n) is 4.89. The van der Waals surface area contributed by atoms with Crippen LogP contribution in [0.3, 0.4) is 0 Å². The normalized spacial score (nSPS) is 18.2. The standard InChI is InChI=1S/C13H17BrClNO2S/c14-12-9-11(7-8-13(12)15)19(17,18)16-10-5-3-1-2-4-6-10/h7-10,16H,1-6H2. The van der Waals surface area contributed by atoms with Crippen LogP contribution in [0.25, 0.3) is 0 Å². The van der Waals surface area contributed by atoms with Gasteiger partial charge in [-0.15, -0.1) is 0 Å². The van der Waals surface area contributed by atoms with E-state index in [4.69, 9.17) is 11.6 Å². The minimum absolute atomic E-state index is 0.0574. The first-order valence-corrected chi connectivity index (χ1v) is 9.12. The number of halogens is 2. The molecule has 0 heterocycles. The Bertz CT molecular complexity index is 540. The molecule has 2 rings (SSSR count). The molecule has 1 saturated carbocycles. The Balaban J connectivity index is 2.14. The van der Waals surface area contributed by atoms with Crippen LogP contribution in [0.1, 0.15) is 38.5 Å². The van der Waals surface area contributed by atoms with Gasteiger partial charge in [0.05, 0.1) is 9.92 Å². The molecule has 0 unspecified atom stereocenters. The third-order valence-corrected chi connectivity index (χ3v) is 6.11. The Kier molecular flexibility index (Phi) is 5.29. The average Bonchev–Trinajstić information content (AvgIpc) is 2.60. The van der Waals surface area contributed by atoms with Gasteiger partial charge in [0.25, 0.3) is 0 Å². The number of hydrogen-bond acceptors (Lipinski definition) is 2. The lowest BCUT2D eigenvalue weighted by atomic mass is 10.1. The second-order valence-corrected chi connectivity index (χ2v) is 7.86. The number of rotatable bonds is 3. The summed E-state index contributed by atoms with van der Waals surface area (Å²) < 4.78 is 28.0. The minimum Gasteiger partial charge on any atom is -0.208 e. The fourth-order valence-electron chi connectivity index (χ4n) is 2.33. The van der Waals surface area contributed by atoms with Crippen molar-refractivity contribution in [1.82, 2.24) is 4.72 Å². The van der Waals surface area contributed by atoms with Gasteiger partial charge in [0.2, 0.25) is 10.0 Å². The van der Waals surface area contributed by atoms with Crippen molar-refractivity contribution >= 4 is 37.6 Å². The van der Waals surface area contributed by atoms with Crippen LogP contribution < -0.4 is 4.72 Å². The van der Waals surface area contributed by atoms with E-state index in [1.54, 1.807) is 12.1 Å². The van der Waals surface area contributed by atoms with Gasteiger partial charge < -0.3 is 0 Å². The Hall–Kier alpha value is -0.100. The van der Waals surface area contributed by atoms with E-state index in [1.165, 1.54) is 18.9 Å². The summed E-state index contributed by atoms with van der Waals surface area (Å²) in [6.45, 7) is 0. The molecule has 106 valence electrons. The van der Waals surface area contributed by atoms with Crippen molar-refractivity contribution < 1.29 is 8.42 Å². The summed E-state index contributed by atoms with van der Waals surface area (Å²) in [5.74, 6) is 0. The molecule has 0 bridgehead atoms. The Morgan fingerprint density at radius 1 is 1.16 bits per heavy atom. The van der Waals surface area contributed by atoms with Crippen molar-refractivity contribution in [1.29, 1.82) is 0 Å². The molecule has 0 aromatic heterocycles. The quantitative estimate of drug-likeness (QED) is 0.818. The molecule has 1 N–H and O–H groups in total. The molecular weight excluding hydrogens is 350 g/mol. The van der Waals surface area contributed by atoms with Crippen LogP contribution in [0.2, 0.25) is 5.02 Å². The molecule has 1 aliphatic rings. The van der Waals surface area contributed by atoms with Gasteiger partial charge in [-0.1, -0.05) is 37.3 Å². The third kappa shape index (κ3) is 4.18. The second kappa shape index (κ2) is 6.57. The van der Waals surface area contributed by atoms with E-state index >= 15 is 0 Å². The number of hydrogen-bond donors (Lipinski definition) is 1. The first-order valence-electron chi connectivity index (χ1n) is 6.46. The van der Waals surface area contributed by atoms with Crippen molar-refractivity contribution in [3.05, 3.63) is 27.7 Å². The summed E-state index contributed by atoms with van der Waals surface area (Å²) in [6, 6.07) is 4.72. The van der Waals surface area contributed by atoms with Gasteiger partial charge in [0, 0.05) is 10.5 Å². The lowest BCUT2D eigenvalue weighted by molar-refractivity contribution is 0.510. The molecule has 0 atom stereocenters. The smallest absolute Gasteiger partial charge is 0.208 e. The van der Waals surface area contributed by atoms with Crippen LogP contribution in [0.15, 0.2) is 27.6 Å². The van der Waals surface area contributed by atoms with Crippen LogP contribution >= 0.6 is 27.5 Å². The molecule has 1 fully saturated rings. The maximum atomic E-state index is 12.3. The van der Waals surface area contributed by atoms with E-state index in [2.05, 4.69) is 20.7 Å². The molecular formula is C13H17BrClNO2S. The summed E-state index contributed by atoms with van der Waals surface area (Å²) in [6.07, 6.45) is 6.44. The molecule has 0 radical (unpaired) electrons. The monoisotopic (exact) mass is 365 g/mol. The van der Waals surface area contributed by atoms with Crippen molar-refractivity contribution in [3.8, 4) is 0 Å².